The Morgan fingerprint density at radius 1 is 0.571 bits per heavy atom. The minimum Gasteiger partial charge on any atom is -0.465 e. The summed E-state index contributed by atoms with van der Waals surface area (Å²) in [6, 6.07) is 0. The number of ether oxygens (including phenoxy) is 1. The fourth-order valence-electron chi connectivity index (χ4n) is 4.22. The molecule has 0 aliphatic heterocycles. The van der Waals surface area contributed by atoms with Gasteiger partial charge in [-0.15, -0.1) is 0 Å². The minimum atomic E-state index is -3.53. The second-order valence-corrected chi connectivity index (χ2v) is 12.4. The van der Waals surface area contributed by atoms with Gasteiger partial charge in [0, 0.05) is 0 Å². The summed E-state index contributed by atoms with van der Waals surface area (Å²) in [5, 5.41) is 0. The van der Waals surface area contributed by atoms with Crippen molar-refractivity contribution in [3.63, 3.8) is 0 Å². The van der Waals surface area contributed by atoms with Crippen LogP contribution in [-0.4, -0.2) is 31.4 Å². The van der Waals surface area contributed by atoms with E-state index in [1.54, 1.807) is 13.8 Å². The lowest BCUT2D eigenvalue weighted by Crippen LogP contribution is -2.23. The van der Waals surface area contributed by atoms with Crippen LogP contribution in [0.5, 0.6) is 0 Å². The predicted octanol–water partition coefficient (Wildman–Crippen LogP) is 10.0. The number of carbonyl (C=O) groups is 1. The second-order valence-electron chi connectivity index (χ2n) is 10.00. The summed E-state index contributed by atoms with van der Waals surface area (Å²) in [5.74, 6) is -0.498. The molecule has 0 aliphatic rings. The van der Waals surface area contributed by atoms with Gasteiger partial charge in [0.15, 0.2) is 5.66 Å². The second kappa shape index (κ2) is 25.3. The zero-order valence-electron chi connectivity index (χ0n) is 23.8. The van der Waals surface area contributed by atoms with Crippen LogP contribution < -0.4 is 0 Å². The van der Waals surface area contributed by atoms with E-state index in [0.717, 1.165) is 25.7 Å². The van der Waals surface area contributed by atoms with Gasteiger partial charge in [0.05, 0.1) is 19.8 Å². The van der Waals surface area contributed by atoms with E-state index in [1.165, 1.54) is 103 Å². The number of carbonyl (C=O) groups excluding carboxylic acids is 1. The van der Waals surface area contributed by atoms with Crippen molar-refractivity contribution < 1.29 is 23.1 Å². The highest BCUT2D eigenvalue weighted by Crippen LogP contribution is 2.53. The van der Waals surface area contributed by atoms with Gasteiger partial charge in [-0.3, -0.25) is 9.36 Å². The first kappa shape index (κ1) is 34.6. The molecule has 0 radical (unpaired) electrons. The normalized spacial score (nSPS) is 12.7. The molecule has 0 spiro atoms. The van der Waals surface area contributed by atoms with Gasteiger partial charge < -0.3 is 13.8 Å². The third-order valence-electron chi connectivity index (χ3n) is 6.64. The largest absolute Gasteiger partial charge is 0.465 e. The molecule has 0 N–H and O–H groups in total. The van der Waals surface area contributed by atoms with Crippen LogP contribution in [0.4, 0.5) is 0 Å². The van der Waals surface area contributed by atoms with Crippen molar-refractivity contribution in [3.8, 4) is 0 Å². The molecule has 0 amide bonds. The molecule has 6 heteroatoms. The maximum atomic E-state index is 13.4. The van der Waals surface area contributed by atoms with E-state index < -0.39 is 19.2 Å². The lowest BCUT2D eigenvalue weighted by molar-refractivity contribution is -0.142. The highest BCUT2D eigenvalue weighted by atomic mass is 31.2. The number of esters is 1. The number of rotatable bonds is 27. The van der Waals surface area contributed by atoms with Crippen LogP contribution in [0, 0.1) is 0 Å². The Morgan fingerprint density at radius 2 is 0.886 bits per heavy atom. The Balaban J connectivity index is 4.13. The summed E-state index contributed by atoms with van der Waals surface area (Å²) in [6.07, 6.45) is 24.6. The van der Waals surface area contributed by atoms with Crippen LogP contribution in [0.15, 0.2) is 0 Å². The molecule has 5 nitrogen and oxygen atoms in total. The Bertz CT molecular complexity index is 481. The molecule has 0 rings (SSSR count). The third-order valence-corrected chi connectivity index (χ3v) is 8.88. The number of hydrogen-bond acceptors (Lipinski definition) is 5. The van der Waals surface area contributed by atoms with Crippen molar-refractivity contribution in [2.45, 2.75) is 162 Å². The van der Waals surface area contributed by atoms with E-state index in [1.807, 2.05) is 0 Å². The molecule has 1 unspecified atom stereocenters. The van der Waals surface area contributed by atoms with E-state index in [0.29, 0.717) is 13.2 Å². The van der Waals surface area contributed by atoms with Crippen LogP contribution in [0.2, 0.25) is 0 Å². The molecule has 0 saturated carbocycles. The van der Waals surface area contributed by atoms with Crippen LogP contribution in [-0.2, 0) is 23.1 Å². The molecule has 0 bridgehead atoms. The number of hydrogen-bond donors (Lipinski definition) is 0. The van der Waals surface area contributed by atoms with Gasteiger partial charge in [-0.25, -0.2) is 0 Å². The third kappa shape index (κ3) is 20.4. The maximum absolute atomic E-state index is 13.4. The van der Waals surface area contributed by atoms with E-state index >= 15 is 0 Å². The lowest BCUT2D eigenvalue weighted by Gasteiger charge is -2.23. The van der Waals surface area contributed by atoms with E-state index in [4.69, 9.17) is 13.8 Å². The minimum absolute atomic E-state index is 0.264. The van der Waals surface area contributed by atoms with E-state index in [2.05, 4.69) is 13.8 Å². The summed E-state index contributed by atoms with van der Waals surface area (Å²) < 4.78 is 30.0. The molecule has 0 heterocycles. The smallest absolute Gasteiger partial charge is 0.344 e. The Hall–Kier alpha value is -0.380. The SMILES string of the molecule is CCCCCCCCCCCCOP(=O)(OCCCCCCCCCCCC)C(C)C(=O)OCC. The highest BCUT2D eigenvalue weighted by Gasteiger charge is 2.38. The average molecular weight is 519 g/mol. The van der Waals surface area contributed by atoms with Gasteiger partial charge >= 0.3 is 13.6 Å². The summed E-state index contributed by atoms with van der Waals surface area (Å²) in [6.45, 7) is 8.86. The zero-order chi connectivity index (χ0) is 26.0. The van der Waals surface area contributed by atoms with Crippen molar-refractivity contribution in [1.82, 2.24) is 0 Å². The van der Waals surface area contributed by atoms with Crippen LogP contribution in [0.25, 0.3) is 0 Å². The summed E-state index contributed by atoms with van der Waals surface area (Å²) >= 11 is 0. The zero-order valence-corrected chi connectivity index (χ0v) is 24.7. The quantitative estimate of drug-likeness (QED) is 0.0615. The molecule has 0 aliphatic carbocycles. The molecule has 35 heavy (non-hydrogen) atoms. The van der Waals surface area contributed by atoms with Crippen molar-refractivity contribution in [1.29, 1.82) is 0 Å². The molecule has 1 atom stereocenters. The first-order chi connectivity index (χ1) is 17.0. The van der Waals surface area contributed by atoms with Crippen LogP contribution in [0.1, 0.15) is 156 Å². The van der Waals surface area contributed by atoms with Gasteiger partial charge in [-0.05, 0) is 26.7 Å². The van der Waals surface area contributed by atoms with Crippen molar-refractivity contribution in [3.05, 3.63) is 0 Å². The monoisotopic (exact) mass is 518 g/mol. The summed E-state index contributed by atoms with van der Waals surface area (Å²) in [7, 11) is -3.53. The van der Waals surface area contributed by atoms with Crippen molar-refractivity contribution in [2.75, 3.05) is 19.8 Å². The van der Waals surface area contributed by atoms with Crippen LogP contribution >= 0.6 is 7.60 Å². The van der Waals surface area contributed by atoms with Gasteiger partial charge in [-0.1, -0.05) is 129 Å². The molecule has 0 aromatic rings. The van der Waals surface area contributed by atoms with Crippen molar-refractivity contribution in [2.24, 2.45) is 0 Å². The molecular weight excluding hydrogens is 459 g/mol. The van der Waals surface area contributed by atoms with Crippen molar-refractivity contribution >= 4 is 13.6 Å². The molecule has 0 saturated heterocycles. The van der Waals surface area contributed by atoms with Crippen LogP contribution in [0.3, 0.4) is 0 Å². The first-order valence-electron chi connectivity index (χ1n) is 15.1. The van der Waals surface area contributed by atoms with Gasteiger partial charge in [-0.2, -0.15) is 0 Å². The van der Waals surface area contributed by atoms with E-state index in [-0.39, 0.29) is 6.61 Å². The predicted molar refractivity (Wildman–Crippen MR) is 149 cm³/mol. The van der Waals surface area contributed by atoms with Gasteiger partial charge in [0.1, 0.15) is 0 Å². The Kier molecular flexibility index (Phi) is 25.0. The number of unbranched alkanes of at least 4 members (excludes halogenated alkanes) is 18. The molecule has 0 aromatic carbocycles. The van der Waals surface area contributed by atoms with E-state index in [9.17, 15) is 9.36 Å². The summed E-state index contributed by atoms with van der Waals surface area (Å²) in [5.41, 5.74) is -0.881. The fourth-order valence-corrected chi connectivity index (χ4v) is 5.84. The first-order valence-corrected chi connectivity index (χ1v) is 16.7. The summed E-state index contributed by atoms with van der Waals surface area (Å²) in [4.78, 5) is 12.2. The Morgan fingerprint density at radius 3 is 1.20 bits per heavy atom. The molecular formula is C29H59O5P. The molecule has 210 valence electrons. The molecule has 0 fully saturated rings. The van der Waals surface area contributed by atoms with Gasteiger partial charge in [0.25, 0.3) is 0 Å². The standard InChI is InChI=1S/C29H59O5P/c1-5-8-10-12-14-16-18-20-22-24-26-33-35(31,28(4)29(30)32-7-3)34-27-25-23-21-19-17-15-13-11-9-6-2/h28H,5-27H2,1-4H3. The topological polar surface area (TPSA) is 61.8 Å². The molecule has 0 aromatic heterocycles. The Labute approximate surface area is 218 Å². The highest BCUT2D eigenvalue weighted by molar-refractivity contribution is 7.55. The fraction of sp³-hybridized carbons (Fsp3) is 0.966. The maximum Gasteiger partial charge on any atom is 0.344 e. The lowest BCUT2D eigenvalue weighted by atomic mass is 10.1. The average Bonchev–Trinajstić information content (AvgIpc) is 2.85. The van der Waals surface area contributed by atoms with Gasteiger partial charge in [0.2, 0.25) is 0 Å².